The second kappa shape index (κ2) is 3.19. The predicted molar refractivity (Wildman–Crippen MR) is 65.6 cm³/mol. The van der Waals surface area contributed by atoms with Crippen LogP contribution in [0.25, 0.3) is 0 Å². The maximum Gasteiger partial charge on any atom is 0.189 e. The van der Waals surface area contributed by atoms with Gasteiger partial charge in [0.1, 0.15) is 0 Å². The molecule has 2 heteroatoms. The van der Waals surface area contributed by atoms with Crippen molar-refractivity contribution in [1.82, 2.24) is 0 Å². The second-order valence-corrected chi connectivity index (χ2v) is 5.84. The maximum absolute atomic E-state index is 14.4. The number of aryl methyl sites for hydroxylation is 1. The third kappa shape index (κ3) is 1.30. The van der Waals surface area contributed by atoms with Crippen LogP contribution in [0.15, 0.2) is 12.1 Å². The lowest BCUT2D eigenvalue weighted by atomic mass is 9.99. The van der Waals surface area contributed by atoms with Crippen molar-refractivity contribution < 1.29 is 4.39 Å². The van der Waals surface area contributed by atoms with Crippen LogP contribution in [0.2, 0.25) is 0 Å². The van der Waals surface area contributed by atoms with Crippen molar-refractivity contribution in [1.29, 1.82) is 0 Å². The van der Waals surface area contributed by atoms with Gasteiger partial charge in [-0.1, -0.05) is 19.1 Å². The molecular formula is C12H14FI. The zero-order valence-electron chi connectivity index (χ0n) is 8.70. The lowest BCUT2D eigenvalue weighted by Crippen LogP contribution is -2.16. The lowest BCUT2D eigenvalue weighted by molar-refractivity contribution is 0.244. The molecule has 0 amide bonds. The Bertz CT molecular complexity index is 382. The zero-order valence-corrected chi connectivity index (χ0v) is 10.9. The van der Waals surface area contributed by atoms with E-state index in [1.165, 1.54) is 11.1 Å². The van der Waals surface area contributed by atoms with E-state index in [2.05, 4.69) is 12.1 Å². The van der Waals surface area contributed by atoms with Crippen LogP contribution >= 0.6 is 22.6 Å². The van der Waals surface area contributed by atoms with Gasteiger partial charge in [-0.15, -0.1) is 0 Å². The summed E-state index contributed by atoms with van der Waals surface area (Å²) >= 11 is 1.96. The topological polar surface area (TPSA) is 0 Å². The fraction of sp³-hybridized carbons (Fsp3) is 0.500. The van der Waals surface area contributed by atoms with Crippen molar-refractivity contribution in [2.24, 2.45) is 5.92 Å². The standard InChI is InChI=1S/C12H14FI/c1-7-4-5-10-6-8(2)12(13,14)11(10)9(7)3/h4-5,8H,6H2,1-3H3. The van der Waals surface area contributed by atoms with Crippen molar-refractivity contribution in [3.8, 4) is 0 Å². The third-order valence-corrected chi connectivity index (χ3v) is 4.90. The Morgan fingerprint density at radius 3 is 2.71 bits per heavy atom. The number of fused-ring (bicyclic) bond motifs is 1. The Kier molecular flexibility index (Phi) is 2.37. The predicted octanol–water partition coefficient (Wildman–Crippen LogP) is 4.05. The third-order valence-electron chi connectivity index (χ3n) is 3.30. The molecular weight excluding hydrogens is 290 g/mol. The molecule has 0 fully saturated rings. The number of hydrogen-bond donors (Lipinski definition) is 0. The normalized spacial score (nSPS) is 30.5. The largest absolute Gasteiger partial charge is 0.227 e. The molecule has 76 valence electrons. The van der Waals surface area contributed by atoms with Crippen molar-refractivity contribution in [2.75, 3.05) is 0 Å². The van der Waals surface area contributed by atoms with E-state index in [1.54, 1.807) is 0 Å². The summed E-state index contributed by atoms with van der Waals surface area (Å²) in [6.45, 7) is 6.06. The van der Waals surface area contributed by atoms with Gasteiger partial charge in [0.05, 0.1) is 0 Å². The first-order chi connectivity index (χ1) is 6.44. The molecule has 0 spiro atoms. The first-order valence-corrected chi connectivity index (χ1v) is 6.00. The van der Waals surface area contributed by atoms with E-state index in [9.17, 15) is 4.39 Å². The van der Waals surface area contributed by atoms with E-state index < -0.39 is 3.68 Å². The quantitative estimate of drug-likeness (QED) is 0.501. The molecule has 1 aliphatic carbocycles. The van der Waals surface area contributed by atoms with Gasteiger partial charge in [-0.05, 0) is 59.5 Å². The molecule has 0 nitrogen and oxygen atoms in total. The molecule has 0 saturated carbocycles. The smallest absolute Gasteiger partial charge is 0.189 e. The highest BCUT2D eigenvalue weighted by Gasteiger charge is 2.43. The first kappa shape index (κ1) is 10.4. The highest BCUT2D eigenvalue weighted by atomic mass is 127. The molecule has 0 saturated heterocycles. The second-order valence-electron chi connectivity index (χ2n) is 4.27. The van der Waals surface area contributed by atoms with Crippen LogP contribution in [0, 0.1) is 19.8 Å². The van der Waals surface area contributed by atoms with Gasteiger partial charge in [-0.3, -0.25) is 0 Å². The average Bonchev–Trinajstić information content (AvgIpc) is 2.32. The lowest BCUT2D eigenvalue weighted by Gasteiger charge is -2.20. The van der Waals surface area contributed by atoms with Gasteiger partial charge in [0.25, 0.3) is 0 Å². The Morgan fingerprint density at radius 1 is 1.43 bits per heavy atom. The summed E-state index contributed by atoms with van der Waals surface area (Å²) in [5.74, 6) is 0.0959. The summed E-state index contributed by atoms with van der Waals surface area (Å²) in [4.78, 5) is 0. The Hall–Kier alpha value is -0.120. The molecule has 0 radical (unpaired) electrons. The van der Waals surface area contributed by atoms with E-state index >= 15 is 0 Å². The highest BCUT2D eigenvalue weighted by Crippen LogP contribution is 2.51. The molecule has 1 aromatic rings. The minimum atomic E-state index is -1.16. The van der Waals surface area contributed by atoms with Gasteiger partial charge in [0, 0.05) is 11.5 Å². The Labute approximate surface area is 98.0 Å². The molecule has 2 atom stereocenters. The fourth-order valence-corrected chi connectivity index (χ4v) is 3.18. The molecule has 1 aromatic carbocycles. The summed E-state index contributed by atoms with van der Waals surface area (Å²) < 4.78 is 13.3. The number of rotatable bonds is 0. The summed E-state index contributed by atoms with van der Waals surface area (Å²) in [7, 11) is 0. The van der Waals surface area contributed by atoms with Crippen LogP contribution in [0.5, 0.6) is 0 Å². The SMILES string of the molecule is Cc1ccc2c(c1C)C(F)(I)C(C)C2. The number of hydrogen-bond acceptors (Lipinski definition) is 0. The van der Waals surface area contributed by atoms with Crippen LogP contribution in [-0.4, -0.2) is 0 Å². The van der Waals surface area contributed by atoms with Crippen LogP contribution in [-0.2, 0) is 10.1 Å². The molecule has 2 rings (SSSR count). The van der Waals surface area contributed by atoms with Crippen LogP contribution in [0.4, 0.5) is 4.39 Å². The zero-order chi connectivity index (χ0) is 10.5. The maximum atomic E-state index is 14.4. The first-order valence-electron chi connectivity index (χ1n) is 4.92. The van der Waals surface area contributed by atoms with Crippen LogP contribution < -0.4 is 0 Å². The van der Waals surface area contributed by atoms with E-state index in [1.807, 2.05) is 43.4 Å². The van der Waals surface area contributed by atoms with E-state index in [0.717, 1.165) is 17.5 Å². The molecule has 0 aromatic heterocycles. The van der Waals surface area contributed by atoms with Gasteiger partial charge in [-0.25, -0.2) is 4.39 Å². The van der Waals surface area contributed by atoms with Crippen molar-refractivity contribution >= 4 is 22.6 Å². The van der Waals surface area contributed by atoms with E-state index in [4.69, 9.17) is 0 Å². The van der Waals surface area contributed by atoms with Gasteiger partial charge in [0.2, 0.25) is 0 Å². The number of benzene rings is 1. The molecule has 0 aliphatic heterocycles. The molecule has 1 aliphatic rings. The fourth-order valence-electron chi connectivity index (χ4n) is 2.21. The van der Waals surface area contributed by atoms with Crippen LogP contribution in [0.1, 0.15) is 29.2 Å². The Balaban J connectivity index is 2.68. The van der Waals surface area contributed by atoms with Crippen molar-refractivity contribution in [3.63, 3.8) is 0 Å². The summed E-state index contributed by atoms with van der Waals surface area (Å²) in [5, 5.41) is 0. The number of alkyl halides is 2. The van der Waals surface area contributed by atoms with Crippen molar-refractivity contribution in [3.05, 3.63) is 34.4 Å². The van der Waals surface area contributed by atoms with Gasteiger partial charge in [0.15, 0.2) is 3.68 Å². The molecule has 0 N–H and O–H groups in total. The summed E-state index contributed by atoms with van der Waals surface area (Å²) in [6.07, 6.45) is 0.871. The van der Waals surface area contributed by atoms with Gasteiger partial charge >= 0.3 is 0 Å². The van der Waals surface area contributed by atoms with Gasteiger partial charge < -0.3 is 0 Å². The monoisotopic (exact) mass is 304 g/mol. The summed E-state index contributed by atoms with van der Waals surface area (Å²) in [6, 6.07) is 4.17. The van der Waals surface area contributed by atoms with E-state index in [0.29, 0.717) is 0 Å². The molecule has 0 heterocycles. The van der Waals surface area contributed by atoms with Crippen LogP contribution in [0.3, 0.4) is 0 Å². The Morgan fingerprint density at radius 2 is 2.07 bits per heavy atom. The highest BCUT2D eigenvalue weighted by molar-refractivity contribution is 14.1. The van der Waals surface area contributed by atoms with Gasteiger partial charge in [-0.2, -0.15) is 0 Å². The average molecular weight is 304 g/mol. The molecule has 14 heavy (non-hydrogen) atoms. The minimum Gasteiger partial charge on any atom is -0.227 e. The molecule has 0 bridgehead atoms. The minimum absolute atomic E-state index is 0.0959. The summed E-state index contributed by atoms with van der Waals surface area (Å²) in [5.41, 5.74) is 4.45. The van der Waals surface area contributed by atoms with Crippen molar-refractivity contribution in [2.45, 2.75) is 30.9 Å². The number of halogens is 2. The molecule has 2 unspecified atom stereocenters. The van der Waals surface area contributed by atoms with E-state index in [-0.39, 0.29) is 5.92 Å².